The maximum Gasteiger partial charge on any atom is 0.271 e. The number of amides is 1. The summed E-state index contributed by atoms with van der Waals surface area (Å²) in [5.74, 6) is 0.0937. The van der Waals surface area contributed by atoms with Gasteiger partial charge in [0.1, 0.15) is 12.3 Å². The number of hydrogen-bond acceptors (Lipinski definition) is 4. The van der Waals surface area contributed by atoms with Crippen LogP contribution in [0.25, 0.3) is 0 Å². The van der Waals surface area contributed by atoms with Crippen molar-refractivity contribution >= 4 is 17.5 Å². The van der Waals surface area contributed by atoms with Crippen molar-refractivity contribution in [3.63, 3.8) is 0 Å². The average molecular weight is 382 g/mol. The number of hydrogen-bond donors (Lipinski definition) is 1. The lowest BCUT2D eigenvalue weighted by atomic mass is 10.1. The van der Waals surface area contributed by atoms with Crippen molar-refractivity contribution < 1.29 is 9.53 Å². The van der Waals surface area contributed by atoms with Gasteiger partial charge >= 0.3 is 0 Å². The number of aromatic nitrogens is 2. The molecule has 27 heavy (non-hydrogen) atoms. The largest absolute Gasteiger partial charge is 0.472 e. The Hall–Kier alpha value is -2.92. The van der Waals surface area contributed by atoms with Crippen molar-refractivity contribution in [3.8, 4) is 5.88 Å². The number of halogens is 1. The molecule has 1 aromatic heterocycles. The van der Waals surface area contributed by atoms with Crippen LogP contribution in [0.15, 0.2) is 67.0 Å². The molecule has 1 N–H and O–H groups in total. The number of rotatable bonds is 7. The van der Waals surface area contributed by atoms with E-state index in [-0.39, 0.29) is 17.6 Å². The van der Waals surface area contributed by atoms with Crippen molar-refractivity contribution in [2.75, 3.05) is 0 Å². The summed E-state index contributed by atoms with van der Waals surface area (Å²) in [6.07, 6.45) is 3.51. The molecule has 2 aromatic carbocycles. The lowest BCUT2D eigenvalue weighted by Gasteiger charge is -2.14. The Morgan fingerprint density at radius 2 is 1.81 bits per heavy atom. The zero-order valence-corrected chi connectivity index (χ0v) is 15.7. The van der Waals surface area contributed by atoms with Gasteiger partial charge in [-0.1, -0.05) is 60.1 Å². The predicted molar refractivity (Wildman–Crippen MR) is 105 cm³/mol. The van der Waals surface area contributed by atoms with E-state index in [4.69, 9.17) is 16.3 Å². The van der Waals surface area contributed by atoms with Crippen LogP contribution in [0.2, 0.25) is 5.02 Å². The number of nitrogens with zero attached hydrogens (tertiary/aromatic N) is 2. The van der Waals surface area contributed by atoms with Crippen molar-refractivity contribution in [1.82, 2.24) is 15.3 Å². The van der Waals surface area contributed by atoms with Crippen molar-refractivity contribution in [2.45, 2.75) is 26.0 Å². The molecule has 1 atom stereocenters. The summed E-state index contributed by atoms with van der Waals surface area (Å²) >= 11 is 6.16. The summed E-state index contributed by atoms with van der Waals surface area (Å²) < 4.78 is 5.58. The second-order valence-electron chi connectivity index (χ2n) is 6.18. The maximum absolute atomic E-state index is 12.3. The second-order valence-corrected chi connectivity index (χ2v) is 6.59. The standard InChI is InChI=1S/C21H20ClN3O2/c1-15(11-17-9-5-6-10-18(17)22)25-21(26)19-12-24-20(13-23-19)27-14-16-7-3-2-4-8-16/h2-10,12-13,15H,11,14H2,1H3,(H,25,26). The van der Waals surface area contributed by atoms with E-state index in [1.165, 1.54) is 12.4 Å². The highest BCUT2D eigenvalue weighted by molar-refractivity contribution is 6.31. The summed E-state index contributed by atoms with van der Waals surface area (Å²) in [6, 6.07) is 17.3. The van der Waals surface area contributed by atoms with Crippen molar-refractivity contribution in [1.29, 1.82) is 0 Å². The van der Waals surface area contributed by atoms with E-state index in [0.29, 0.717) is 23.9 Å². The van der Waals surface area contributed by atoms with Crippen LogP contribution in [-0.4, -0.2) is 21.9 Å². The Labute approximate surface area is 163 Å². The monoisotopic (exact) mass is 381 g/mol. The van der Waals surface area contributed by atoms with Crippen molar-refractivity contribution in [2.24, 2.45) is 0 Å². The van der Waals surface area contributed by atoms with Gasteiger partial charge in [-0.3, -0.25) is 4.79 Å². The van der Waals surface area contributed by atoms with Crippen LogP contribution in [0, 0.1) is 0 Å². The molecular weight excluding hydrogens is 362 g/mol. The summed E-state index contributed by atoms with van der Waals surface area (Å²) in [5, 5.41) is 3.60. The van der Waals surface area contributed by atoms with E-state index in [2.05, 4.69) is 15.3 Å². The van der Waals surface area contributed by atoms with Gasteiger partial charge < -0.3 is 10.1 Å². The molecule has 3 aromatic rings. The molecule has 0 spiro atoms. The molecule has 0 aliphatic heterocycles. The molecule has 6 heteroatoms. The molecule has 138 valence electrons. The second kappa shape index (κ2) is 9.14. The molecule has 5 nitrogen and oxygen atoms in total. The third-order valence-corrected chi connectivity index (χ3v) is 4.32. The van der Waals surface area contributed by atoms with Gasteiger partial charge in [-0.05, 0) is 30.5 Å². The molecule has 1 heterocycles. The minimum Gasteiger partial charge on any atom is -0.472 e. The SMILES string of the molecule is CC(Cc1ccccc1Cl)NC(=O)c1cnc(OCc2ccccc2)cn1. The topological polar surface area (TPSA) is 64.1 Å². The van der Waals surface area contributed by atoms with Crippen LogP contribution >= 0.6 is 11.6 Å². The van der Waals surface area contributed by atoms with E-state index >= 15 is 0 Å². The van der Waals surface area contributed by atoms with E-state index in [1.807, 2.05) is 61.5 Å². The fourth-order valence-corrected chi connectivity index (χ4v) is 2.79. The third kappa shape index (κ3) is 5.53. The highest BCUT2D eigenvalue weighted by Gasteiger charge is 2.13. The lowest BCUT2D eigenvalue weighted by molar-refractivity contribution is 0.0934. The molecule has 0 saturated carbocycles. The van der Waals surface area contributed by atoms with Gasteiger partial charge in [0.15, 0.2) is 0 Å². The molecule has 1 unspecified atom stereocenters. The van der Waals surface area contributed by atoms with Gasteiger partial charge in [-0.2, -0.15) is 0 Å². The first-order chi connectivity index (χ1) is 13.1. The zero-order chi connectivity index (χ0) is 19.1. The Bertz CT molecular complexity index is 885. The summed E-state index contributed by atoms with van der Waals surface area (Å²) in [5.41, 5.74) is 2.27. The van der Waals surface area contributed by atoms with Crippen LogP contribution in [0.4, 0.5) is 0 Å². The van der Waals surface area contributed by atoms with Crippen molar-refractivity contribution in [3.05, 3.63) is 88.8 Å². The molecule has 1 amide bonds. The Balaban J connectivity index is 1.53. The molecule has 0 radical (unpaired) electrons. The van der Waals surface area contributed by atoms with Gasteiger partial charge in [0, 0.05) is 11.1 Å². The predicted octanol–water partition coefficient (Wildman–Crippen LogP) is 4.07. The van der Waals surface area contributed by atoms with Crippen LogP contribution in [0.3, 0.4) is 0 Å². The quantitative estimate of drug-likeness (QED) is 0.670. The molecule has 0 aliphatic carbocycles. The molecular formula is C21H20ClN3O2. The van der Waals surface area contributed by atoms with Gasteiger partial charge in [-0.25, -0.2) is 9.97 Å². The van der Waals surface area contributed by atoms with Crippen LogP contribution in [0.5, 0.6) is 5.88 Å². The zero-order valence-electron chi connectivity index (χ0n) is 14.9. The van der Waals surface area contributed by atoms with Crippen LogP contribution in [-0.2, 0) is 13.0 Å². The number of carbonyl (C=O) groups is 1. The fourth-order valence-electron chi connectivity index (χ4n) is 2.58. The summed E-state index contributed by atoms with van der Waals surface area (Å²) in [7, 11) is 0. The van der Waals surface area contributed by atoms with Crippen LogP contribution in [0.1, 0.15) is 28.5 Å². The normalized spacial score (nSPS) is 11.6. The van der Waals surface area contributed by atoms with E-state index in [9.17, 15) is 4.79 Å². The Kier molecular flexibility index (Phi) is 6.39. The maximum atomic E-state index is 12.3. The number of benzene rings is 2. The number of nitrogens with one attached hydrogen (secondary N) is 1. The third-order valence-electron chi connectivity index (χ3n) is 3.95. The van der Waals surface area contributed by atoms with E-state index in [1.54, 1.807) is 0 Å². The molecule has 3 rings (SSSR count). The average Bonchev–Trinajstić information content (AvgIpc) is 2.69. The molecule has 0 bridgehead atoms. The first kappa shape index (κ1) is 18.9. The Morgan fingerprint density at radius 3 is 2.52 bits per heavy atom. The smallest absolute Gasteiger partial charge is 0.271 e. The summed E-state index contributed by atoms with van der Waals surface area (Å²) in [6.45, 7) is 2.32. The van der Waals surface area contributed by atoms with E-state index < -0.39 is 0 Å². The number of carbonyl (C=O) groups excluding carboxylic acids is 1. The minimum absolute atomic E-state index is 0.0896. The van der Waals surface area contributed by atoms with Crippen LogP contribution < -0.4 is 10.1 Å². The van der Waals surface area contributed by atoms with E-state index in [0.717, 1.165) is 11.1 Å². The number of ether oxygens (including phenoxy) is 1. The lowest BCUT2D eigenvalue weighted by Crippen LogP contribution is -2.34. The highest BCUT2D eigenvalue weighted by atomic mass is 35.5. The van der Waals surface area contributed by atoms with Gasteiger partial charge in [0.05, 0.1) is 12.4 Å². The van der Waals surface area contributed by atoms with Gasteiger partial charge in [-0.15, -0.1) is 0 Å². The van der Waals surface area contributed by atoms with Gasteiger partial charge in [0.2, 0.25) is 5.88 Å². The first-order valence-corrected chi connectivity index (χ1v) is 9.02. The molecule has 0 fully saturated rings. The molecule has 0 aliphatic rings. The Morgan fingerprint density at radius 1 is 1.07 bits per heavy atom. The fraction of sp³-hybridized carbons (Fsp3) is 0.190. The molecule has 0 saturated heterocycles. The first-order valence-electron chi connectivity index (χ1n) is 8.65. The van der Waals surface area contributed by atoms with Gasteiger partial charge in [0.25, 0.3) is 5.91 Å². The summed E-state index contributed by atoms with van der Waals surface area (Å²) in [4.78, 5) is 20.6. The minimum atomic E-state index is -0.281. The highest BCUT2D eigenvalue weighted by Crippen LogP contribution is 2.16.